The Balaban J connectivity index is 1.83. The minimum atomic E-state index is -0.682. The summed E-state index contributed by atoms with van der Waals surface area (Å²) in [6, 6.07) is 6.04. The van der Waals surface area contributed by atoms with E-state index in [2.05, 4.69) is 16.0 Å². The first kappa shape index (κ1) is 14.3. The van der Waals surface area contributed by atoms with E-state index >= 15 is 0 Å². The van der Waals surface area contributed by atoms with E-state index in [4.69, 9.17) is 10.00 Å². The number of nitriles is 1. The summed E-state index contributed by atoms with van der Waals surface area (Å²) in [5.74, 6) is 0.990. The minimum Gasteiger partial charge on any atom is -0.390 e. The molecule has 2 aliphatic heterocycles. The summed E-state index contributed by atoms with van der Waals surface area (Å²) < 4.78 is 5.60. The molecule has 0 saturated carbocycles. The van der Waals surface area contributed by atoms with Crippen LogP contribution in [0, 0.1) is 17.2 Å². The Morgan fingerprint density at radius 1 is 1.52 bits per heavy atom. The van der Waals surface area contributed by atoms with E-state index in [9.17, 15) is 5.11 Å². The van der Waals surface area contributed by atoms with Crippen LogP contribution in [0.2, 0.25) is 0 Å². The molecular weight excluding hydrogens is 266 g/mol. The van der Waals surface area contributed by atoms with E-state index in [1.807, 2.05) is 13.0 Å². The van der Waals surface area contributed by atoms with Gasteiger partial charge in [0.25, 0.3) is 0 Å². The van der Waals surface area contributed by atoms with E-state index < -0.39 is 5.60 Å². The van der Waals surface area contributed by atoms with Gasteiger partial charge in [0.2, 0.25) is 0 Å². The lowest BCUT2D eigenvalue weighted by molar-refractivity contribution is -0.108. The molecule has 0 aliphatic carbocycles. The first-order valence-corrected chi connectivity index (χ1v) is 7.55. The summed E-state index contributed by atoms with van der Waals surface area (Å²) in [5.41, 5.74) is -0.111. The van der Waals surface area contributed by atoms with Gasteiger partial charge in [-0.2, -0.15) is 5.26 Å². The molecule has 0 radical (unpaired) electrons. The highest BCUT2D eigenvalue weighted by Gasteiger charge is 2.44. The Morgan fingerprint density at radius 3 is 3.05 bits per heavy atom. The average Bonchev–Trinajstić information content (AvgIpc) is 2.96. The van der Waals surface area contributed by atoms with Crippen LogP contribution in [0.4, 0.5) is 5.82 Å². The van der Waals surface area contributed by atoms with Crippen molar-refractivity contribution in [1.82, 2.24) is 4.98 Å². The third kappa shape index (κ3) is 2.74. The fourth-order valence-corrected chi connectivity index (χ4v) is 3.50. The molecule has 0 bridgehead atoms. The molecule has 1 aromatic heterocycles. The van der Waals surface area contributed by atoms with Gasteiger partial charge in [0.05, 0.1) is 17.8 Å². The van der Waals surface area contributed by atoms with Gasteiger partial charge in [-0.25, -0.2) is 4.98 Å². The Kier molecular flexibility index (Phi) is 3.83. The van der Waals surface area contributed by atoms with E-state index in [-0.39, 0.29) is 12.0 Å². The number of pyridine rings is 1. The van der Waals surface area contributed by atoms with E-state index in [0.29, 0.717) is 25.2 Å². The molecule has 0 unspecified atom stereocenters. The number of hydrogen-bond donors (Lipinski definition) is 1. The molecule has 3 atom stereocenters. The predicted octanol–water partition coefficient (Wildman–Crippen LogP) is 1.71. The molecule has 3 rings (SSSR count). The lowest BCUT2D eigenvalue weighted by atomic mass is 9.79. The highest BCUT2D eigenvalue weighted by Crippen LogP contribution is 2.37. The van der Waals surface area contributed by atoms with Crippen molar-refractivity contribution >= 4 is 5.82 Å². The summed E-state index contributed by atoms with van der Waals surface area (Å²) in [6.45, 7) is 4.09. The molecule has 2 fully saturated rings. The molecule has 5 nitrogen and oxygen atoms in total. The van der Waals surface area contributed by atoms with Crippen LogP contribution in [-0.4, -0.2) is 41.5 Å². The van der Waals surface area contributed by atoms with Gasteiger partial charge in [-0.15, -0.1) is 0 Å². The van der Waals surface area contributed by atoms with Crippen molar-refractivity contribution in [3.05, 3.63) is 23.9 Å². The summed E-state index contributed by atoms with van der Waals surface area (Å²) in [7, 11) is 0. The topological polar surface area (TPSA) is 69.4 Å². The van der Waals surface area contributed by atoms with E-state index in [1.54, 1.807) is 12.3 Å². The van der Waals surface area contributed by atoms with Crippen molar-refractivity contribution in [2.45, 2.75) is 37.8 Å². The summed E-state index contributed by atoms with van der Waals surface area (Å²) in [4.78, 5) is 6.66. The molecule has 2 aliphatic rings. The zero-order chi connectivity index (χ0) is 14.9. The van der Waals surface area contributed by atoms with Crippen LogP contribution in [0.3, 0.4) is 0 Å². The summed E-state index contributed by atoms with van der Waals surface area (Å²) >= 11 is 0. The number of anilines is 1. The van der Waals surface area contributed by atoms with Gasteiger partial charge in [0.15, 0.2) is 0 Å². The van der Waals surface area contributed by atoms with Crippen molar-refractivity contribution in [1.29, 1.82) is 5.26 Å². The second-order valence-electron chi connectivity index (χ2n) is 6.21. The predicted molar refractivity (Wildman–Crippen MR) is 78.9 cm³/mol. The summed E-state index contributed by atoms with van der Waals surface area (Å²) in [5, 5.41) is 19.5. The monoisotopic (exact) mass is 287 g/mol. The quantitative estimate of drug-likeness (QED) is 0.896. The van der Waals surface area contributed by atoms with Crippen molar-refractivity contribution in [3.63, 3.8) is 0 Å². The lowest BCUT2D eigenvalue weighted by Crippen LogP contribution is -2.52. The van der Waals surface area contributed by atoms with E-state index in [0.717, 1.165) is 25.2 Å². The van der Waals surface area contributed by atoms with Crippen LogP contribution in [0.1, 0.15) is 31.7 Å². The number of rotatable bonds is 2. The highest BCUT2D eigenvalue weighted by atomic mass is 16.5. The number of ether oxygens (including phenoxy) is 1. The van der Waals surface area contributed by atoms with Crippen LogP contribution < -0.4 is 4.90 Å². The van der Waals surface area contributed by atoms with Crippen molar-refractivity contribution in [3.8, 4) is 6.07 Å². The van der Waals surface area contributed by atoms with Gasteiger partial charge in [0, 0.05) is 31.3 Å². The third-order valence-corrected chi connectivity index (χ3v) is 4.78. The maximum atomic E-state index is 10.7. The van der Waals surface area contributed by atoms with Crippen molar-refractivity contribution < 1.29 is 9.84 Å². The number of hydrogen-bond acceptors (Lipinski definition) is 5. The SMILES string of the molecule is C[C@]1(O)CCOC[C@@H]1[C@H]1CCCN1c1ccc(C#N)cn1. The maximum absolute atomic E-state index is 10.7. The fraction of sp³-hybridized carbons (Fsp3) is 0.625. The Hall–Kier alpha value is -1.64. The third-order valence-electron chi connectivity index (χ3n) is 4.78. The zero-order valence-electron chi connectivity index (χ0n) is 12.3. The van der Waals surface area contributed by atoms with Crippen LogP contribution in [0.25, 0.3) is 0 Å². The van der Waals surface area contributed by atoms with Gasteiger partial charge >= 0.3 is 0 Å². The average molecular weight is 287 g/mol. The fourth-order valence-electron chi connectivity index (χ4n) is 3.50. The van der Waals surface area contributed by atoms with Crippen LogP contribution in [-0.2, 0) is 4.74 Å². The standard InChI is InChI=1S/C16H21N3O2/c1-16(20)6-8-21-11-13(16)14-3-2-7-19(14)15-5-4-12(9-17)10-18-15/h4-5,10,13-14,20H,2-3,6-8,11H2,1H3/t13-,14-,16+/m1/s1. The molecule has 112 valence electrons. The van der Waals surface area contributed by atoms with Crippen molar-refractivity contribution in [2.75, 3.05) is 24.7 Å². The Labute approximate surface area is 125 Å². The largest absolute Gasteiger partial charge is 0.390 e. The van der Waals surface area contributed by atoms with Crippen molar-refractivity contribution in [2.24, 2.45) is 5.92 Å². The first-order valence-electron chi connectivity index (χ1n) is 7.55. The molecule has 2 saturated heterocycles. The number of aromatic nitrogens is 1. The van der Waals surface area contributed by atoms with E-state index in [1.165, 1.54) is 0 Å². The molecule has 0 spiro atoms. The summed E-state index contributed by atoms with van der Waals surface area (Å²) in [6.07, 6.45) is 4.44. The van der Waals surface area contributed by atoms with Crippen LogP contribution in [0.15, 0.2) is 18.3 Å². The molecule has 21 heavy (non-hydrogen) atoms. The smallest absolute Gasteiger partial charge is 0.128 e. The molecule has 0 aromatic carbocycles. The molecule has 1 aromatic rings. The second-order valence-corrected chi connectivity index (χ2v) is 6.21. The molecule has 0 amide bonds. The number of aliphatic hydroxyl groups is 1. The molecule has 3 heterocycles. The van der Waals surface area contributed by atoms with Crippen LogP contribution >= 0.6 is 0 Å². The van der Waals surface area contributed by atoms with Gasteiger partial charge in [-0.05, 0) is 38.3 Å². The lowest BCUT2D eigenvalue weighted by Gasteiger charge is -2.43. The molecule has 1 N–H and O–H groups in total. The van der Waals surface area contributed by atoms with Gasteiger partial charge in [-0.1, -0.05) is 0 Å². The van der Waals surface area contributed by atoms with Gasteiger partial charge in [0.1, 0.15) is 11.9 Å². The highest BCUT2D eigenvalue weighted by molar-refractivity contribution is 5.44. The minimum absolute atomic E-state index is 0.103. The van der Waals surface area contributed by atoms with Gasteiger partial charge in [-0.3, -0.25) is 0 Å². The normalized spacial score (nSPS) is 32.9. The second kappa shape index (κ2) is 5.63. The Bertz CT molecular complexity index is 535. The maximum Gasteiger partial charge on any atom is 0.128 e. The molecule has 5 heteroatoms. The van der Waals surface area contributed by atoms with Gasteiger partial charge < -0.3 is 14.7 Å². The zero-order valence-corrected chi connectivity index (χ0v) is 12.3. The Morgan fingerprint density at radius 2 is 2.38 bits per heavy atom. The number of nitrogens with zero attached hydrogens (tertiary/aromatic N) is 3. The molecular formula is C16H21N3O2. The van der Waals surface area contributed by atoms with Crippen LogP contribution in [0.5, 0.6) is 0 Å². The first-order chi connectivity index (χ1) is 10.1.